The Morgan fingerprint density at radius 2 is 1.71 bits per heavy atom. The van der Waals surface area contributed by atoms with Crippen molar-refractivity contribution in [2.45, 2.75) is 5.16 Å². The molecule has 1 aromatic heterocycles. The minimum absolute atomic E-state index is 0.162. The van der Waals surface area contributed by atoms with Gasteiger partial charge in [-0.25, -0.2) is 0 Å². The highest BCUT2D eigenvalue weighted by Gasteiger charge is 2.17. The fraction of sp³-hybridized carbons (Fsp3) is 0.0870. The number of hydrogen-bond acceptors (Lipinski definition) is 5. The highest BCUT2D eigenvalue weighted by Crippen LogP contribution is 2.29. The fourth-order valence-corrected chi connectivity index (χ4v) is 3.90. The number of nitrogens with one attached hydrogen (secondary N) is 1. The van der Waals surface area contributed by atoms with Crippen molar-refractivity contribution in [3.8, 4) is 22.8 Å². The Hall–Kier alpha value is -3.29. The van der Waals surface area contributed by atoms with E-state index in [4.69, 9.17) is 16.3 Å². The molecular weight excluding hydrogens is 432 g/mol. The lowest BCUT2D eigenvalue weighted by molar-refractivity contribution is -0.113. The number of para-hydroxylation sites is 3. The molecule has 0 spiro atoms. The predicted octanol–water partition coefficient (Wildman–Crippen LogP) is 5.33. The van der Waals surface area contributed by atoms with Crippen LogP contribution in [0, 0.1) is 0 Å². The van der Waals surface area contributed by atoms with Crippen LogP contribution in [0.2, 0.25) is 5.02 Å². The number of carbonyl (C=O) groups is 1. The maximum atomic E-state index is 12.6. The van der Waals surface area contributed by atoms with Crippen LogP contribution >= 0.6 is 23.4 Å². The van der Waals surface area contributed by atoms with Gasteiger partial charge in [0.15, 0.2) is 11.0 Å². The molecule has 156 valence electrons. The Morgan fingerprint density at radius 3 is 2.45 bits per heavy atom. The van der Waals surface area contributed by atoms with E-state index in [0.29, 0.717) is 27.4 Å². The van der Waals surface area contributed by atoms with Crippen LogP contribution in [0.3, 0.4) is 0 Å². The zero-order valence-electron chi connectivity index (χ0n) is 16.7. The first kappa shape index (κ1) is 21.0. The molecule has 6 nitrogen and oxygen atoms in total. The van der Waals surface area contributed by atoms with Crippen molar-refractivity contribution in [2.24, 2.45) is 0 Å². The smallest absolute Gasteiger partial charge is 0.234 e. The number of amides is 1. The summed E-state index contributed by atoms with van der Waals surface area (Å²) < 4.78 is 7.22. The number of thioether (sulfide) groups is 1. The number of halogens is 1. The predicted molar refractivity (Wildman–Crippen MR) is 124 cm³/mol. The van der Waals surface area contributed by atoms with Gasteiger partial charge in [0.2, 0.25) is 5.91 Å². The SMILES string of the molecule is COc1ccccc1NC(=O)CSc1nnc(-c2ccc(Cl)cc2)n1-c1ccccc1. The van der Waals surface area contributed by atoms with Gasteiger partial charge in [0, 0.05) is 16.3 Å². The van der Waals surface area contributed by atoms with E-state index in [1.54, 1.807) is 19.2 Å². The van der Waals surface area contributed by atoms with Crippen LogP contribution in [-0.2, 0) is 4.79 Å². The summed E-state index contributed by atoms with van der Waals surface area (Å²) in [4.78, 5) is 12.6. The molecule has 1 amide bonds. The summed E-state index contributed by atoms with van der Waals surface area (Å²) in [5.41, 5.74) is 2.41. The maximum absolute atomic E-state index is 12.6. The standard InChI is InChI=1S/C23H19ClN4O2S/c1-30-20-10-6-5-9-19(20)25-21(29)15-31-23-27-26-22(16-11-13-17(24)14-12-16)28(23)18-7-3-2-4-8-18/h2-14H,15H2,1H3,(H,25,29). The molecule has 0 saturated heterocycles. The number of ether oxygens (including phenoxy) is 1. The number of benzene rings is 3. The minimum Gasteiger partial charge on any atom is -0.495 e. The van der Waals surface area contributed by atoms with Gasteiger partial charge in [-0.05, 0) is 48.5 Å². The highest BCUT2D eigenvalue weighted by molar-refractivity contribution is 7.99. The molecule has 0 saturated carbocycles. The molecule has 0 aliphatic heterocycles. The third-order valence-electron chi connectivity index (χ3n) is 4.46. The third-order valence-corrected chi connectivity index (χ3v) is 5.64. The molecule has 0 bridgehead atoms. The molecule has 8 heteroatoms. The van der Waals surface area contributed by atoms with Crippen molar-refractivity contribution in [2.75, 3.05) is 18.2 Å². The normalized spacial score (nSPS) is 10.6. The van der Waals surface area contributed by atoms with Gasteiger partial charge in [-0.3, -0.25) is 9.36 Å². The quantitative estimate of drug-likeness (QED) is 0.385. The molecule has 0 radical (unpaired) electrons. The van der Waals surface area contributed by atoms with E-state index in [1.165, 1.54) is 11.8 Å². The van der Waals surface area contributed by atoms with Gasteiger partial charge in [-0.1, -0.05) is 53.7 Å². The fourth-order valence-electron chi connectivity index (χ4n) is 3.02. The number of anilines is 1. The van der Waals surface area contributed by atoms with E-state index in [9.17, 15) is 4.79 Å². The van der Waals surface area contributed by atoms with Crippen molar-refractivity contribution >= 4 is 35.0 Å². The first-order valence-electron chi connectivity index (χ1n) is 9.48. The van der Waals surface area contributed by atoms with Gasteiger partial charge < -0.3 is 10.1 Å². The van der Waals surface area contributed by atoms with Crippen molar-refractivity contribution in [1.82, 2.24) is 14.8 Å². The van der Waals surface area contributed by atoms with E-state index in [1.807, 2.05) is 71.3 Å². The number of methoxy groups -OCH3 is 1. The summed E-state index contributed by atoms with van der Waals surface area (Å²) in [5, 5.41) is 12.9. The summed E-state index contributed by atoms with van der Waals surface area (Å²) in [6, 6.07) is 24.5. The summed E-state index contributed by atoms with van der Waals surface area (Å²) in [7, 11) is 1.57. The van der Waals surface area contributed by atoms with Crippen LogP contribution in [0.4, 0.5) is 5.69 Å². The van der Waals surface area contributed by atoms with E-state index >= 15 is 0 Å². The number of rotatable bonds is 7. The lowest BCUT2D eigenvalue weighted by atomic mass is 10.2. The first-order chi connectivity index (χ1) is 15.2. The van der Waals surface area contributed by atoms with Crippen molar-refractivity contribution in [3.05, 3.63) is 83.9 Å². The van der Waals surface area contributed by atoms with Gasteiger partial charge in [0.25, 0.3) is 0 Å². The molecular formula is C23H19ClN4O2S. The Bertz CT molecular complexity index is 1180. The molecule has 0 atom stereocenters. The molecule has 0 fully saturated rings. The topological polar surface area (TPSA) is 69.0 Å². The zero-order chi connectivity index (χ0) is 21.6. The molecule has 3 aromatic carbocycles. The number of hydrogen-bond donors (Lipinski definition) is 1. The van der Waals surface area contributed by atoms with Gasteiger partial charge in [-0.15, -0.1) is 10.2 Å². The Morgan fingerprint density at radius 1 is 1.00 bits per heavy atom. The Kier molecular flexibility index (Phi) is 6.54. The monoisotopic (exact) mass is 450 g/mol. The first-order valence-corrected chi connectivity index (χ1v) is 10.8. The number of carbonyl (C=O) groups excluding carboxylic acids is 1. The molecule has 0 aliphatic carbocycles. The Balaban J connectivity index is 1.58. The average Bonchev–Trinajstić information content (AvgIpc) is 3.23. The molecule has 4 aromatic rings. The van der Waals surface area contributed by atoms with Crippen LogP contribution in [0.25, 0.3) is 17.1 Å². The third kappa shape index (κ3) is 4.90. The maximum Gasteiger partial charge on any atom is 0.234 e. The second kappa shape index (κ2) is 9.68. The largest absolute Gasteiger partial charge is 0.495 e. The van der Waals surface area contributed by atoms with E-state index in [2.05, 4.69) is 15.5 Å². The second-order valence-corrected chi connectivity index (χ2v) is 7.90. The van der Waals surface area contributed by atoms with E-state index in [-0.39, 0.29) is 11.7 Å². The van der Waals surface area contributed by atoms with Gasteiger partial charge >= 0.3 is 0 Å². The molecule has 0 aliphatic rings. The van der Waals surface area contributed by atoms with Crippen LogP contribution in [0.1, 0.15) is 0 Å². The summed E-state index contributed by atoms with van der Waals surface area (Å²) in [5.74, 6) is 1.29. The highest BCUT2D eigenvalue weighted by atomic mass is 35.5. The molecule has 0 unspecified atom stereocenters. The molecule has 4 rings (SSSR count). The van der Waals surface area contributed by atoms with Crippen LogP contribution in [0.5, 0.6) is 5.75 Å². The number of nitrogens with zero attached hydrogens (tertiary/aromatic N) is 3. The van der Waals surface area contributed by atoms with Crippen LogP contribution < -0.4 is 10.1 Å². The van der Waals surface area contributed by atoms with Crippen LogP contribution in [0.15, 0.2) is 84.0 Å². The van der Waals surface area contributed by atoms with E-state index in [0.717, 1.165) is 11.3 Å². The molecule has 1 heterocycles. The molecule has 31 heavy (non-hydrogen) atoms. The summed E-state index contributed by atoms with van der Waals surface area (Å²) in [6.45, 7) is 0. The van der Waals surface area contributed by atoms with Crippen molar-refractivity contribution < 1.29 is 9.53 Å². The molecule has 1 N–H and O–H groups in total. The van der Waals surface area contributed by atoms with E-state index < -0.39 is 0 Å². The lowest BCUT2D eigenvalue weighted by Crippen LogP contribution is -2.15. The average molecular weight is 451 g/mol. The van der Waals surface area contributed by atoms with Crippen LogP contribution in [-0.4, -0.2) is 33.5 Å². The lowest BCUT2D eigenvalue weighted by Gasteiger charge is -2.11. The number of aromatic nitrogens is 3. The van der Waals surface area contributed by atoms with Gasteiger partial charge in [0.1, 0.15) is 5.75 Å². The van der Waals surface area contributed by atoms with Crippen molar-refractivity contribution in [3.63, 3.8) is 0 Å². The van der Waals surface area contributed by atoms with Gasteiger partial charge in [0.05, 0.1) is 18.6 Å². The zero-order valence-corrected chi connectivity index (χ0v) is 18.2. The minimum atomic E-state index is -0.162. The summed E-state index contributed by atoms with van der Waals surface area (Å²) >= 11 is 7.35. The van der Waals surface area contributed by atoms with Crippen molar-refractivity contribution in [1.29, 1.82) is 0 Å². The van der Waals surface area contributed by atoms with Gasteiger partial charge in [-0.2, -0.15) is 0 Å². The summed E-state index contributed by atoms with van der Waals surface area (Å²) in [6.07, 6.45) is 0. The Labute approximate surface area is 189 Å². The second-order valence-electron chi connectivity index (χ2n) is 6.52.